The highest BCUT2D eigenvalue weighted by Crippen LogP contribution is 2.29. The molecule has 0 bridgehead atoms. The van der Waals surface area contributed by atoms with Gasteiger partial charge >= 0.3 is 5.63 Å². The molecule has 0 fully saturated rings. The van der Waals surface area contributed by atoms with Gasteiger partial charge in [-0.2, -0.15) is 0 Å². The largest absolute Gasteiger partial charge is 0.490 e. The van der Waals surface area contributed by atoms with Gasteiger partial charge in [0.15, 0.2) is 0 Å². The van der Waals surface area contributed by atoms with E-state index in [1.54, 1.807) is 0 Å². The zero-order valence-corrected chi connectivity index (χ0v) is 10.2. The summed E-state index contributed by atoms with van der Waals surface area (Å²) in [6.07, 6.45) is 1.75. The van der Waals surface area contributed by atoms with Crippen molar-refractivity contribution in [1.82, 2.24) is 0 Å². The first-order valence-electron chi connectivity index (χ1n) is 6.13. The Morgan fingerprint density at radius 2 is 2.00 bits per heavy atom. The number of hydrogen-bond acceptors (Lipinski definition) is 3. The van der Waals surface area contributed by atoms with E-state index in [1.165, 1.54) is 0 Å². The lowest BCUT2D eigenvalue weighted by molar-refractivity contribution is 0.188. The van der Waals surface area contributed by atoms with E-state index in [0.29, 0.717) is 17.1 Å². The van der Waals surface area contributed by atoms with Crippen molar-refractivity contribution in [3.05, 3.63) is 52.4 Å². The standard InChI is InChI=1S/C15H14O3/c1-10-7-8-12-14(17-10)9-13(18-15(12)16)11-5-3-2-4-6-11/h2-6,9-10H,7-8H2,1H3. The van der Waals surface area contributed by atoms with E-state index in [1.807, 2.05) is 43.3 Å². The summed E-state index contributed by atoms with van der Waals surface area (Å²) in [6, 6.07) is 11.4. The van der Waals surface area contributed by atoms with Crippen LogP contribution in [0.4, 0.5) is 0 Å². The number of rotatable bonds is 1. The lowest BCUT2D eigenvalue weighted by Crippen LogP contribution is -2.23. The molecule has 0 saturated carbocycles. The quantitative estimate of drug-likeness (QED) is 0.771. The van der Waals surface area contributed by atoms with Crippen molar-refractivity contribution in [1.29, 1.82) is 0 Å². The molecule has 18 heavy (non-hydrogen) atoms. The van der Waals surface area contributed by atoms with E-state index in [2.05, 4.69) is 0 Å². The number of hydrogen-bond donors (Lipinski definition) is 0. The summed E-state index contributed by atoms with van der Waals surface area (Å²) in [5, 5.41) is 0. The maximum Gasteiger partial charge on any atom is 0.343 e. The lowest BCUT2D eigenvalue weighted by atomic mass is 10.0. The number of ether oxygens (including phenoxy) is 1. The third-order valence-corrected chi connectivity index (χ3v) is 3.20. The van der Waals surface area contributed by atoms with E-state index in [0.717, 1.165) is 18.4 Å². The van der Waals surface area contributed by atoms with Crippen LogP contribution in [0.15, 0.2) is 45.6 Å². The van der Waals surface area contributed by atoms with Crippen LogP contribution >= 0.6 is 0 Å². The minimum Gasteiger partial charge on any atom is -0.490 e. The summed E-state index contributed by atoms with van der Waals surface area (Å²) in [7, 11) is 0. The fraction of sp³-hybridized carbons (Fsp3) is 0.267. The molecule has 0 N–H and O–H groups in total. The van der Waals surface area contributed by atoms with Crippen molar-refractivity contribution in [2.24, 2.45) is 0 Å². The van der Waals surface area contributed by atoms with Crippen molar-refractivity contribution >= 4 is 0 Å². The molecule has 1 aliphatic rings. The van der Waals surface area contributed by atoms with Crippen molar-refractivity contribution in [3.63, 3.8) is 0 Å². The molecule has 3 rings (SSSR count). The Hall–Kier alpha value is -2.03. The Kier molecular flexibility index (Phi) is 2.67. The Balaban J connectivity index is 2.12. The van der Waals surface area contributed by atoms with Crippen molar-refractivity contribution in [3.8, 4) is 17.1 Å². The summed E-state index contributed by atoms with van der Waals surface area (Å²) < 4.78 is 11.1. The molecule has 0 radical (unpaired) electrons. The molecular formula is C15H14O3. The van der Waals surface area contributed by atoms with Crippen molar-refractivity contribution < 1.29 is 9.15 Å². The average molecular weight is 242 g/mol. The molecule has 1 unspecified atom stereocenters. The summed E-state index contributed by atoms with van der Waals surface area (Å²) >= 11 is 0. The van der Waals surface area contributed by atoms with Gasteiger partial charge in [0.1, 0.15) is 11.5 Å². The first-order chi connectivity index (χ1) is 8.74. The van der Waals surface area contributed by atoms with Crippen LogP contribution in [0.3, 0.4) is 0 Å². The molecule has 0 aliphatic carbocycles. The monoisotopic (exact) mass is 242 g/mol. The molecule has 3 heteroatoms. The van der Waals surface area contributed by atoms with Gasteiger partial charge in [-0.1, -0.05) is 30.3 Å². The Labute approximate surface area is 105 Å². The van der Waals surface area contributed by atoms with Crippen LogP contribution in [0.25, 0.3) is 11.3 Å². The summed E-state index contributed by atoms with van der Waals surface area (Å²) in [6.45, 7) is 2.01. The maximum absolute atomic E-state index is 11.9. The molecule has 1 atom stereocenters. The van der Waals surface area contributed by atoms with Gasteiger partial charge in [-0.05, 0) is 19.8 Å². The van der Waals surface area contributed by atoms with E-state index in [-0.39, 0.29) is 11.7 Å². The third-order valence-electron chi connectivity index (χ3n) is 3.20. The maximum atomic E-state index is 11.9. The second-order valence-corrected chi connectivity index (χ2v) is 4.57. The van der Waals surface area contributed by atoms with Gasteiger partial charge in [0.2, 0.25) is 0 Å². The molecule has 0 amide bonds. The predicted octanol–water partition coefficient (Wildman–Crippen LogP) is 3.02. The normalized spacial score (nSPS) is 17.9. The molecule has 92 valence electrons. The number of benzene rings is 1. The lowest BCUT2D eigenvalue weighted by Gasteiger charge is -2.22. The molecule has 2 aromatic rings. The van der Waals surface area contributed by atoms with Gasteiger partial charge in [0.25, 0.3) is 0 Å². The van der Waals surface area contributed by atoms with Crippen LogP contribution in [0.1, 0.15) is 18.9 Å². The highest BCUT2D eigenvalue weighted by atomic mass is 16.5. The highest BCUT2D eigenvalue weighted by Gasteiger charge is 2.21. The van der Waals surface area contributed by atoms with E-state index < -0.39 is 0 Å². The van der Waals surface area contributed by atoms with E-state index >= 15 is 0 Å². The molecule has 2 heterocycles. The van der Waals surface area contributed by atoms with Gasteiger partial charge in [-0.25, -0.2) is 4.79 Å². The minimum atomic E-state index is -0.279. The third kappa shape index (κ3) is 1.92. The second kappa shape index (κ2) is 4.33. The summed E-state index contributed by atoms with van der Waals surface area (Å²) in [4.78, 5) is 11.9. The van der Waals surface area contributed by atoms with Crippen LogP contribution in [0.5, 0.6) is 5.75 Å². The van der Waals surface area contributed by atoms with Gasteiger partial charge in [0, 0.05) is 11.6 Å². The van der Waals surface area contributed by atoms with Crippen LogP contribution < -0.4 is 10.4 Å². The summed E-state index contributed by atoms with van der Waals surface area (Å²) in [5.74, 6) is 1.23. The molecule has 3 nitrogen and oxygen atoms in total. The van der Waals surface area contributed by atoms with Gasteiger partial charge in [0.05, 0.1) is 11.7 Å². The molecule has 1 aromatic carbocycles. The van der Waals surface area contributed by atoms with E-state index in [9.17, 15) is 4.79 Å². The van der Waals surface area contributed by atoms with Gasteiger partial charge in [-0.3, -0.25) is 0 Å². The Morgan fingerprint density at radius 1 is 1.22 bits per heavy atom. The zero-order valence-electron chi connectivity index (χ0n) is 10.2. The molecule has 1 aromatic heterocycles. The topological polar surface area (TPSA) is 39.4 Å². The molecule has 0 spiro atoms. The van der Waals surface area contributed by atoms with Crippen molar-refractivity contribution in [2.75, 3.05) is 0 Å². The van der Waals surface area contributed by atoms with Crippen LogP contribution in [-0.2, 0) is 6.42 Å². The minimum absolute atomic E-state index is 0.155. The van der Waals surface area contributed by atoms with Crippen LogP contribution in [-0.4, -0.2) is 6.10 Å². The zero-order chi connectivity index (χ0) is 12.5. The van der Waals surface area contributed by atoms with E-state index in [4.69, 9.17) is 9.15 Å². The Bertz CT molecular complexity index is 613. The summed E-state index contributed by atoms with van der Waals surface area (Å²) in [5.41, 5.74) is 1.27. The average Bonchev–Trinajstić information content (AvgIpc) is 2.39. The SMILES string of the molecule is CC1CCc2c(cc(-c3ccccc3)oc2=O)O1. The fourth-order valence-electron chi connectivity index (χ4n) is 2.20. The first-order valence-corrected chi connectivity index (χ1v) is 6.13. The second-order valence-electron chi connectivity index (χ2n) is 4.57. The van der Waals surface area contributed by atoms with Gasteiger partial charge in [-0.15, -0.1) is 0 Å². The number of fused-ring (bicyclic) bond motifs is 1. The van der Waals surface area contributed by atoms with Crippen molar-refractivity contribution in [2.45, 2.75) is 25.9 Å². The fourth-order valence-corrected chi connectivity index (χ4v) is 2.20. The molecule has 0 saturated heterocycles. The molecule has 1 aliphatic heterocycles. The van der Waals surface area contributed by atoms with Crippen LogP contribution in [0, 0.1) is 0 Å². The highest BCUT2D eigenvalue weighted by molar-refractivity contribution is 5.59. The first kappa shape index (κ1) is 11.1. The smallest absolute Gasteiger partial charge is 0.343 e. The van der Waals surface area contributed by atoms with Gasteiger partial charge < -0.3 is 9.15 Å². The molecular weight excluding hydrogens is 228 g/mol. The van der Waals surface area contributed by atoms with Crippen LogP contribution in [0.2, 0.25) is 0 Å². The Morgan fingerprint density at radius 3 is 2.78 bits per heavy atom. The predicted molar refractivity (Wildman–Crippen MR) is 68.8 cm³/mol.